The van der Waals surface area contributed by atoms with Crippen LogP contribution in [0, 0.1) is 96.8 Å². The lowest BCUT2D eigenvalue weighted by atomic mass is 9.93. The topological polar surface area (TPSA) is 167 Å². The van der Waals surface area contributed by atoms with Crippen LogP contribution >= 0.6 is 0 Å². The molecule has 31 heavy (non-hydrogen) atoms. The molecule has 0 aromatic heterocycles. The van der Waals surface area contributed by atoms with E-state index in [1.54, 1.807) is 12.1 Å². The molecule has 0 unspecified atom stereocenters. The van der Waals surface area contributed by atoms with Crippen molar-refractivity contribution >= 4 is 11.1 Å². The van der Waals surface area contributed by atoms with Crippen molar-refractivity contribution in [3.8, 4) is 42.5 Å². The lowest BCUT2D eigenvalue weighted by Crippen LogP contribution is -2.23. The highest BCUT2D eigenvalue weighted by molar-refractivity contribution is 5.81. The Kier molecular flexibility index (Phi) is 6.02. The molecule has 0 amide bonds. The first-order valence-corrected chi connectivity index (χ1v) is 7.79. The van der Waals surface area contributed by atoms with Gasteiger partial charge in [0, 0.05) is 10.4 Å². The van der Waals surface area contributed by atoms with Crippen LogP contribution in [0.15, 0.2) is 12.1 Å². The second-order valence-corrected chi connectivity index (χ2v) is 5.51. The van der Waals surface area contributed by atoms with Gasteiger partial charge in [-0.15, -0.1) is 0 Å². The fourth-order valence-corrected chi connectivity index (χ4v) is 2.74. The van der Waals surface area contributed by atoms with Crippen LogP contribution in [-0.2, 0) is 0 Å². The van der Waals surface area contributed by atoms with Crippen molar-refractivity contribution in [2.75, 3.05) is 0 Å². The summed E-state index contributed by atoms with van der Waals surface area (Å²) in [4.78, 5) is 0. The maximum absolute atomic E-state index is 14.8. The summed E-state index contributed by atoms with van der Waals surface area (Å²) in [5.41, 5.74) is -6.27. The number of nitriles is 7. The van der Waals surface area contributed by atoms with Gasteiger partial charge in [-0.05, 0) is 0 Å². The minimum Gasteiger partial charge on any atom is -0.205 e. The molecule has 0 fully saturated rings. The van der Waals surface area contributed by atoms with E-state index < -0.39 is 61.6 Å². The molecule has 7 nitrogen and oxygen atoms in total. The molecule has 0 radical (unpaired) electrons. The van der Waals surface area contributed by atoms with Crippen molar-refractivity contribution in [2.24, 2.45) is 0 Å². The molecule has 0 aliphatic heterocycles. The Labute approximate surface area is 172 Å². The maximum Gasteiger partial charge on any atom is 0.178 e. The molecule has 2 aromatic rings. The van der Waals surface area contributed by atoms with E-state index in [0.717, 1.165) is 18.2 Å². The minimum absolute atomic E-state index is 0.255. The van der Waals surface area contributed by atoms with E-state index in [2.05, 4.69) is 0 Å². The van der Waals surface area contributed by atoms with Gasteiger partial charge in [-0.3, -0.25) is 0 Å². The van der Waals surface area contributed by atoms with Crippen LogP contribution in [0.3, 0.4) is 0 Å². The first kappa shape index (κ1) is 21.7. The predicted molar refractivity (Wildman–Crippen MR) is 93.6 cm³/mol. The summed E-state index contributed by atoms with van der Waals surface area (Å²) in [6.07, 6.45) is 0. The zero-order valence-corrected chi connectivity index (χ0v) is 14.9. The van der Waals surface area contributed by atoms with Gasteiger partial charge in [-0.2, -0.15) is 36.8 Å². The van der Waals surface area contributed by atoms with Gasteiger partial charge in [0.1, 0.15) is 59.2 Å². The van der Waals surface area contributed by atoms with E-state index in [1.165, 1.54) is 24.3 Å². The molecule has 2 aromatic carbocycles. The van der Waals surface area contributed by atoms with Crippen molar-refractivity contribution in [3.05, 3.63) is 67.8 Å². The molecule has 2 rings (SSSR count). The van der Waals surface area contributed by atoms with Crippen LogP contribution in [0.25, 0.3) is 11.1 Å². The van der Waals surface area contributed by atoms with E-state index in [1.807, 2.05) is 0 Å². The highest BCUT2D eigenvalue weighted by Crippen LogP contribution is 2.28. The Morgan fingerprint density at radius 2 is 1.00 bits per heavy atom. The van der Waals surface area contributed by atoms with Crippen molar-refractivity contribution in [1.29, 1.82) is 36.8 Å². The van der Waals surface area contributed by atoms with Gasteiger partial charge >= 0.3 is 0 Å². The Morgan fingerprint density at radius 3 is 1.45 bits per heavy atom. The normalized spacial score (nSPS) is 10.1. The largest absolute Gasteiger partial charge is 0.205 e. The van der Waals surface area contributed by atoms with Crippen molar-refractivity contribution < 1.29 is 13.2 Å². The molecule has 0 aliphatic carbocycles. The first-order chi connectivity index (χ1) is 14.9. The third kappa shape index (κ3) is 3.25. The number of nitrogens with zero attached hydrogens (tertiary/aromatic N) is 7. The van der Waals surface area contributed by atoms with Crippen LogP contribution in [0.5, 0.6) is 0 Å². The van der Waals surface area contributed by atoms with Gasteiger partial charge in [0.25, 0.3) is 0 Å². The molecule has 142 valence electrons. The quantitative estimate of drug-likeness (QED) is 0.643. The Balaban J connectivity index is 3.30. The molecule has 0 heterocycles. The van der Waals surface area contributed by atoms with Crippen LogP contribution in [0.2, 0.25) is 0 Å². The Morgan fingerprint density at radius 1 is 0.548 bits per heavy atom. The SMILES string of the molecule is N#CC(C#N)=c1cc/c(=C(\C#N)c2c(F)c(F)c(C#N)c(C#N)c2F)c(C#N)c1C#N. The average molecular weight is 409 g/mol. The summed E-state index contributed by atoms with van der Waals surface area (Å²) in [6, 6.07) is 12.0. The van der Waals surface area contributed by atoms with E-state index in [9.17, 15) is 29.0 Å². The minimum atomic E-state index is -1.95. The molecular weight excluding hydrogens is 407 g/mol. The van der Waals surface area contributed by atoms with Gasteiger partial charge in [0.2, 0.25) is 0 Å². The second-order valence-electron chi connectivity index (χ2n) is 5.51. The Hall–Kier alpha value is -5.60. The van der Waals surface area contributed by atoms with Gasteiger partial charge in [0.05, 0.1) is 22.3 Å². The van der Waals surface area contributed by atoms with E-state index >= 15 is 0 Å². The lowest BCUT2D eigenvalue weighted by Gasteiger charge is -2.09. The number of hydrogen-bond donors (Lipinski definition) is 0. The number of benzene rings is 2. The van der Waals surface area contributed by atoms with Crippen LogP contribution in [-0.4, -0.2) is 0 Å². The average Bonchev–Trinajstić information content (AvgIpc) is 2.79. The summed E-state index contributed by atoms with van der Waals surface area (Å²) in [5.74, 6) is -5.52. The van der Waals surface area contributed by atoms with Crippen molar-refractivity contribution in [1.82, 2.24) is 0 Å². The lowest BCUT2D eigenvalue weighted by molar-refractivity contribution is 0.488. The van der Waals surface area contributed by atoms with E-state index in [0.29, 0.717) is 0 Å². The molecule has 0 atom stereocenters. The summed E-state index contributed by atoms with van der Waals surface area (Å²) in [7, 11) is 0. The predicted octanol–water partition coefficient (Wildman–Crippen LogP) is 1.51. The fourth-order valence-electron chi connectivity index (χ4n) is 2.74. The monoisotopic (exact) mass is 409 g/mol. The molecule has 0 saturated carbocycles. The summed E-state index contributed by atoms with van der Waals surface area (Å²) in [6.45, 7) is 0. The number of halogens is 3. The highest BCUT2D eigenvalue weighted by atomic mass is 19.2. The van der Waals surface area contributed by atoms with Crippen LogP contribution < -0.4 is 10.4 Å². The van der Waals surface area contributed by atoms with Crippen molar-refractivity contribution in [2.45, 2.75) is 0 Å². The van der Waals surface area contributed by atoms with E-state index in [4.69, 9.17) is 21.0 Å². The maximum atomic E-state index is 14.8. The first-order valence-electron chi connectivity index (χ1n) is 7.79. The van der Waals surface area contributed by atoms with E-state index in [-0.39, 0.29) is 5.22 Å². The molecular formula is C21H2F3N7. The molecule has 0 spiro atoms. The third-order valence-electron chi connectivity index (χ3n) is 4.10. The Bertz CT molecular complexity index is 1570. The standard InChI is InChI=1S/C21H2F3N7/c22-19-16(8-30)17(9-31)20(23)21(24)18(19)15(7-29)12-2-1-11(10(3-25)4-26)13(5-27)14(12)6-28/h1-2H/b15-12-. The second kappa shape index (κ2) is 8.61. The summed E-state index contributed by atoms with van der Waals surface area (Å²) < 4.78 is 43.7. The van der Waals surface area contributed by atoms with Crippen LogP contribution in [0.4, 0.5) is 13.2 Å². The summed E-state index contributed by atoms with van der Waals surface area (Å²) in [5, 5.41) is 63.6. The molecule has 0 bridgehead atoms. The van der Waals surface area contributed by atoms with Gasteiger partial charge in [0.15, 0.2) is 17.5 Å². The number of rotatable bonds is 1. The zero-order valence-electron chi connectivity index (χ0n) is 14.9. The van der Waals surface area contributed by atoms with Gasteiger partial charge in [-0.1, -0.05) is 12.1 Å². The molecule has 0 saturated heterocycles. The van der Waals surface area contributed by atoms with Crippen LogP contribution in [0.1, 0.15) is 27.8 Å². The zero-order chi connectivity index (χ0) is 23.3. The smallest absolute Gasteiger partial charge is 0.178 e. The van der Waals surface area contributed by atoms with Crippen molar-refractivity contribution in [3.63, 3.8) is 0 Å². The highest BCUT2D eigenvalue weighted by Gasteiger charge is 2.28. The van der Waals surface area contributed by atoms with Gasteiger partial charge in [-0.25, -0.2) is 13.2 Å². The van der Waals surface area contributed by atoms with Gasteiger partial charge < -0.3 is 0 Å². The molecule has 0 aliphatic rings. The molecule has 10 heteroatoms. The fraction of sp³-hybridized carbons (Fsp3) is 0. The number of hydrogen-bond acceptors (Lipinski definition) is 7. The summed E-state index contributed by atoms with van der Waals surface area (Å²) >= 11 is 0. The third-order valence-corrected chi connectivity index (χ3v) is 4.10. The molecule has 0 N–H and O–H groups in total.